The van der Waals surface area contributed by atoms with Crippen LogP contribution in [0.2, 0.25) is 0 Å². The van der Waals surface area contributed by atoms with E-state index in [-0.39, 0.29) is 43.5 Å². The van der Waals surface area contributed by atoms with Crippen LogP contribution in [0.4, 0.5) is 0 Å². The molecule has 1 aromatic rings. The molecule has 0 unspecified atom stereocenters. The van der Waals surface area contributed by atoms with Crippen molar-refractivity contribution in [3.05, 3.63) is 30.3 Å². The van der Waals surface area contributed by atoms with Gasteiger partial charge in [0.2, 0.25) is 0 Å². The van der Waals surface area contributed by atoms with Crippen molar-refractivity contribution in [2.75, 3.05) is 5.75 Å². The first-order chi connectivity index (χ1) is 9.64. The topological polar surface area (TPSA) is 43.4 Å². The van der Waals surface area contributed by atoms with E-state index in [2.05, 4.69) is 6.92 Å². The Balaban J connectivity index is 0.00000400. The molecule has 0 amide bonds. The number of rotatable bonds is 11. The molecule has 5 heteroatoms. The van der Waals surface area contributed by atoms with Gasteiger partial charge in [-0.05, 0) is 18.6 Å². The molecule has 0 aromatic heterocycles. The quantitative estimate of drug-likeness (QED) is 0.351. The van der Waals surface area contributed by atoms with E-state index in [0.29, 0.717) is 12.2 Å². The molecular formula is C16H28CaO3S. The predicted molar refractivity (Wildman–Crippen MR) is 92.0 cm³/mol. The van der Waals surface area contributed by atoms with Crippen molar-refractivity contribution in [1.29, 1.82) is 0 Å². The maximum atomic E-state index is 11.8. The summed E-state index contributed by atoms with van der Waals surface area (Å²) >= 11 is 0. The average molecular weight is 341 g/mol. The average Bonchev–Trinajstić information content (AvgIpc) is 2.42. The van der Waals surface area contributed by atoms with E-state index in [4.69, 9.17) is 4.18 Å². The number of benzene rings is 1. The van der Waals surface area contributed by atoms with Crippen LogP contribution in [0.3, 0.4) is 0 Å². The number of hydrogen-bond donors (Lipinski definition) is 0. The molecule has 3 nitrogen and oxygen atoms in total. The van der Waals surface area contributed by atoms with Crippen molar-refractivity contribution >= 4 is 47.9 Å². The maximum absolute atomic E-state index is 11.8. The van der Waals surface area contributed by atoms with Gasteiger partial charge in [0, 0.05) is 0 Å². The molecule has 1 aromatic carbocycles. The van der Waals surface area contributed by atoms with Gasteiger partial charge in [0.15, 0.2) is 0 Å². The number of unbranched alkanes of at least 4 members (excludes halogenated alkanes) is 7. The van der Waals surface area contributed by atoms with E-state index < -0.39 is 10.1 Å². The Morgan fingerprint density at radius 1 is 0.857 bits per heavy atom. The van der Waals surface area contributed by atoms with Crippen molar-refractivity contribution in [3.8, 4) is 5.75 Å². The van der Waals surface area contributed by atoms with Gasteiger partial charge in [-0.3, -0.25) is 0 Å². The second kappa shape index (κ2) is 12.7. The van der Waals surface area contributed by atoms with Crippen LogP contribution in [-0.2, 0) is 10.1 Å². The fourth-order valence-electron chi connectivity index (χ4n) is 2.08. The number of hydrogen-bond acceptors (Lipinski definition) is 3. The van der Waals surface area contributed by atoms with Crippen molar-refractivity contribution in [2.45, 2.75) is 58.3 Å². The summed E-state index contributed by atoms with van der Waals surface area (Å²) in [7, 11) is -3.44. The molecule has 0 bridgehead atoms. The molecule has 21 heavy (non-hydrogen) atoms. The molecule has 0 spiro atoms. The van der Waals surface area contributed by atoms with E-state index >= 15 is 0 Å². The van der Waals surface area contributed by atoms with Gasteiger partial charge in [-0.2, -0.15) is 8.42 Å². The van der Waals surface area contributed by atoms with Gasteiger partial charge in [0.1, 0.15) is 5.75 Å². The third kappa shape index (κ3) is 11.5. The van der Waals surface area contributed by atoms with Crippen LogP contribution in [0, 0.1) is 0 Å². The molecule has 1 rings (SSSR count). The van der Waals surface area contributed by atoms with Gasteiger partial charge in [-0.25, -0.2) is 0 Å². The molecular weight excluding hydrogens is 312 g/mol. The summed E-state index contributed by atoms with van der Waals surface area (Å²) < 4.78 is 28.5. The predicted octanol–water partition coefficient (Wildman–Crippen LogP) is 3.62. The molecule has 0 saturated carbocycles. The second-order valence-corrected chi connectivity index (χ2v) is 6.82. The van der Waals surface area contributed by atoms with Gasteiger partial charge in [-0.15, -0.1) is 0 Å². The minimum atomic E-state index is -3.44. The van der Waals surface area contributed by atoms with Crippen molar-refractivity contribution < 1.29 is 12.6 Å². The molecule has 0 atom stereocenters. The first-order valence-electron chi connectivity index (χ1n) is 7.61. The molecule has 0 aliphatic heterocycles. The summed E-state index contributed by atoms with van der Waals surface area (Å²) in [4.78, 5) is 0. The van der Waals surface area contributed by atoms with E-state index in [1.54, 1.807) is 24.3 Å². The Morgan fingerprint density at radius 2 is 1.38 bits per heavy atom. The molecule has 118 valence electrons. The Bertz CT molecular complexity index is 446. The van der Waals surface area contributed by atoms with Crippen LogP contribution in [0.1, 0.15) is 58.3 Å². The van der Waals surface area contributed by atoms with Crippen LogP contribution in [0.25, 0.3) is 0 Å². The minimum absolute atomic E-state index is 0. The summed E-state index contributed by atoms with van der Waals surface area (Å²) in [5.41, 5.74) is 0. The van der Waals surface area contributed by atoms with Gasteiger partial charge in [0.05, 0.1) is 5.75 Å². The van der Waals surface area contributed by atoms with Crippen molar-refractivity contribution in [1.82, 2.24) is 0 Å². The first-order valence-corrected chi connectivity index (χ1v) is 9.19. The fourth-order valence-corrected chi connectivity index (χ4v) is 3.12. The van der Waals surface area contributed by atoms with Crippen molar-refractivity contribution in [3.63, 3.8) is 0 Å². The Labute approximate surface area is 159 Å². The van der Waals surface area contributed by atoms with Crippen LogP contribution in [-0.4, -0.2) is 51.9 Å². The SMILES string of the molecule is CCCCCCCCCCS(=O)(=O)Oc1ccccc1.[CaH2]. The van der Waals surface area contributed by atoms with E-state index in [1.807, 2.05) is 6.07 Å². The molecule has 0 fully saturated rings. The van der Waals surface area contributed by atoms with Gasteiger partial charge < -0.3 is 4.18 Å². The summed E-state index contributed by atoms with van der Waals surface area (Å²) in [5.74, 6) is 0.503. The summed E-state index contributed by atoms with van der Waals surface area (Å²) in [6.07, 6.45) is 9.10. The standard InChI is InChI=1S/C16H26O3S.Ca.2H/c1-2-3-4-5-6-7-8-12-15-20(17,18)19-16-13-10-9-11-14-16;;;/h9-11,13-14H,2-8,12,15H2,1H3;;;. The third-order valence-corrected chi connectivity index (χ3v) is 4.45. The summed E-state index contributed by atoms with van der Waals surface area (Å²) in [5, 5.41) is 0. The molecule has 0 saturated heterocycles. The van der Waals surface area contributed by atoms with E-state index in [0.717, 1.165) is 12.8 Å². The molecule has 0 aliphatic rings. The first kappa shape index (κ1) is 21.2. The molecule has 0 aliphatic carbocycles. The van der Waals surface area contributed by atoms with Crippen LogP contribution in [0.5, 0.6) is 5.75 Å². The number of para-hydroxylation sites is 1. The van der Waals surface area contributed by atoms with E-state index in [1.165, 1.54) is 32.1 Å². The monoisotopic (exact) mass is 340 g/mol. The summed E-state index contributed by atoms with van der Waals surface area (Å²) in [6.45, 7) is 2.21. The van der Waals surface area contributed by atoms with Crippen LogP contribution < -0.4 is 4.18 Å². The summed E-state index contributed by atoms with van der Waals surface area (Å²) in [6, 6.07) is 8.68. The molecule has 0 heterocycles. The zero-order valence-electron chi connectivity index (χ0n) is 12.4. The fraction of sp³-hybridized carbons (Fsp3) is 0.625. The zero-order chi connectivity index (χ0) is 14.7. The third-order valence-electron chi connectivity index (χ3n) is 3.21. The van der Waals surface area contributed by atoms with Crippen molar-refractivity contribution in [2.24, 2.45) is 0 Å². The van der Waals surface area contributed by atoms with Crippen LogP contribution >= 0.6 is 0 Å². The van der Waals surface area contributed by atoms with Crippen LogP contribution in [0.15, 0.2) is 30.3 Å². The Morgan fingerprint density at radius 3 is 1.95 bits per heavy atom. The van der Waals surface area contributed by atoms with Gasteiger partial charge in [0.25, 0.3) is 0 Å². The normalized spacial score (nSPS) is 10.9. The molecule has 0 radical (unpaired) electrons. The zero-order valence-corrected chi connectivity index (χ0v) is 13.2. The Kier molecular flexibility index (Phi) is 12.9. The van der Waals surface area contributed by atoms with E-state index in [9.17, 15) is 8.42 Å². The second-order valence-electron chi connectivity index (χ2n) is 5.13. The Hall–Kier alpha value is 0.230. The van der Waals surface area contributed by atoms with Gasteiger partial charge >= 0.3 is 47.9 Å². The molecule has 0 N–H and O–H groups in total. The van der Waals surface area contributed by atoms with Gasteiger partial charge in [-0.1, -0.05) is 70.1 Å².